The van der Waals surface area contributed by atoms with Crippen LogP contribution in [-0.4, -0.2) is 22.6 Å². The molecule has 0 saturated carbocycles. The number of nitrogens with two attached hydrogens (primary N) is 2. The van der Waals surface area contributed by atoms with E-state index >= 15 is 0 Å². The predicted molar refractivity (Wildman–Crippen MR) is 104 cm³/mol. The highest BCUT2D eigenvalue weighted by atomic mass is 35.5. The minimum atomic E-state index is -0.263. The Morgan fingerprint density at radius 1 is 1.28 bits per heavy atom. The maximum atomic E-state index is 12.1. The summed E-state index contributed by atoms with van der Waals surface area (Å²) in [6.07, 6.45) is 3.89. The number of anilines is 1. The minimum Gasteiger partial charge on any atom is -0.490 e. The first kappa shape index (κ1) is 21.3. The molecule has 2 aromatic rings. The summed E-state index contributed by atoms with van der Waals surface area (Å²) in [7, 11) is 0. The fourth-order valence-corrected chi connectivity index (χ4v) is 3.03. The Labute approximate surface area is 159 Å². The molecule has 1 atom stereocenters. The molecule has 8 heteroatoms. The minimum absolute atomic E-state index is 0. The maximum absolute atomic E-state index is 12.1. The van der Waals surface area contributed by atoms with Crippen molar-refractivity contribution in [2.45, 2.75) is 38.2 Å². The van der Waals surface area contributed by atoms with Crippen LogP contribution >= 0.6 is 24.8 Å². The van der Waals surface area contributed by atoms with Crippen molar-refractivity contribution >= 4 is 30.8 Å². The zero-order valence-electron chi connectivity index (χ0n) is 13.9. The lowest BCUT2D eigenvalue weighted by Gasteiger charge is -2.26. The van der Waals surface area contributed by atoms with Crippen LogP contribution in [0.1, 0.15) is 29.7 Å². The summed E-state index contributed by atoms with van der Waals surface area (Å²) >= 11 is 0. The van der Waals surface area contributed by atoms with E-state index in [9.17, 15) is 4.79 Å². The van der Waals surface area contributed by atoms with E-state index in [0.717, 1.165) is 30.7 Å². The molecule has 3 rings (SSSR count). The fraction of sp³-hybridized carbons (Fsp3) is 0.412. The Balaban J connectivity index is 0.00000156. The molecule has 0 bridgehead atoms. The van der Waals surface area contributed by atoms with Gasteiger partial charge in [0.15, 0.2) is 0 Å². The lowest BCUT2D eigenvalue weighted by atomic mass is 9.97. The Bertz CT molecular complexity index is 752. The first-order valence-electron chi connectivity index (χ1n) is 7.99. The monoisotopic (exact) mass is 386 g/mol. The van der Waals surface area contributed by atoms with Crippen LogP contribution in [0.25, 0.3) is 0 Å². The molecule has 1 aromatic heterocycles. The number of hydrogen-bond acceptors (Lipinski definition) is 5. The standard InChI is InChI=1S/C17H22N4O2.2ClH/c18-9-3-5-13-14(20-17(19)21-16(13)22)10-12-8-7-11-4-1-2-6-15(11)23-12;;/h1-2,4,6,12H,3,5,7-10,18H2,(H3,19,20,21,22);2*1H. The second kappa shape index (κ2) is 9.65. The molecular weight excluding hydrogens is 363 g/mol. The molecular formula is C17H24Cl2N4O2. The van der Waals surface area contributed by atoms with E-state index in [0.29, 0.717) is 24.9 Å². The second-order valence-electron chi connectivity index (χ2n) is 5.87. The molecule has 138 valence electrons. The van der Waals surface area contributed by atoms with E-state index in [4.69, 9.17) is 16.2 Å². The third kappa shape index (κ3) is 5.11. The fourth-order valence-electron chi connectivity index (χ4n) is 3.03. The Kier molecular flexibility index (Phi) is 8.22. The summed E-state index contributed by atoms with van der Waals surface area (Å²) in [6, 6.07) is 8.07. The van der Waals surface area contributed by atoms with E-state index < -0.39 is 0 Å². The van der Waals surface area contributed by atoms with Gasteiger partial charge in [-0.25, -0.2) is 0 Å². The lowest BCUT2D eigenvalue weighted by Crippen LogP contribution is -2.28. The number of aromatic nitrogens is 2. The Hall–Kier alpha value is -1.76. The number of rotatable bonds is 5. The average molecular weight is 387 g/mol. The Morgan fingerprint density at radius 3 is 2.80 bits per heavy atom. The molecule has 25 heavy (non-hydrogen) atoms. The van der Waals surface area contributed by atoms with Crippen molar-refractivity contribution in [2.24, 2.45) is 5.73 Å². The molecule has 1 aromatic carbocycles. The molecule has 5 N–H and O–H groups in total. The van der Waals surface area contributed by atoms with Crippen molar-refractivity contribution < 1.29 is 4.74 Å². The van der Waals surface area contributed by atoms with Gasteiger partial charge in [-0.15, -0.1) is 24.8 Å². The number of ether oxygens (including phenoxy) is 1. The van der Waals surface area contributed by atoms with Gasteiger partial charge in [0.25, 0.3) is 5.56 Å². The normalized spacial score (nSPS) is 15.3. The molecule has 0 saturated heterocycles. The molecule has 0 aliphatic carbocycles. The molecule has 1 aliphatic rings. The zero-order valence-corrected chi connectivity index (χ0v) is 15.5. The molecule has 0 radical (unpaired) electrons. The van der Waals surface area contributed by atoms with Crippen molar-refractivity contribution in [1.29, 1.82) is 0 Å². The van der Waals surface area contributed by atoms with E-state index in [1.807, 2.05) is 18.2 Å². The van der Waals surface area contributed by atoms with Crippen LogP contribution in [0.3, 0.4) is 0 Å². The number of nitrogen functional groups attached to an aromatic ring is 1. The number of halogens is 2. The summed E-state index contributed by atoms with van der Waals surface area (Å²) in [5, 5.41) is 0. The van der Waals surface area contributed by atoms with Crippen molar-refractivity contribution in [1.82, 2.24) is 9.97 Å². The van der Waals surface area contributed by atoms with Gasteiger partial charge in [-0.3, -0.25) is 4.79 Å². The summed E-state index contributed by atoms with van der Waals surface area (Å²) in [6.45, 7) is 0.538. The van der Waals surface area contributed by atoms with Crippen molar-refractivity contribution in [2.75, 3.05) is 12.3 Å². The smallest absolute Gasteiger partial charge is 0.277 e. The third-order valence-corrected chi connectivity index (χ3v) is 4.19. The van der Waals surface area contributed by atoms with Gasteiger partial charge < -0.3 is 21.2 Å². The molecule has 1 aliphatic heterocycles. The third-order valence-electron chi connectivity index (χ3n) is 4.19. The van der Waals surface area contributed by atoms with Crippen LogP contribution in [0.5, 0.6) is 5.75 Å². The maximum Gasteiger partial charge on any atom is 0.277 e. The van der Waals surface area contributed by atoms with Gasteiger partial charge in [-0.2, -0.15) is 4.98 Å². The number of para-hydroxylation sites is 1. The molecule has 2 heterocycles. The topological polar surface area (TPSA) is 107 Å². The molecule has 0 amide bonds. The summed E-state index contributed by atoms with van der Waals surface area (Å²) < 4.78 is 6.07. The van der Waals surface area contributed by atoms with Crippen LogP contribution in [0, 0.1) is 0 Å². The molecule has 6 nitrogen and oxygen atoms in total. The first-order valence-corrected chi connectivity index (χ1v) is 7.99. The van der Waals surface area contributed by atoms with Crippen LogP contribution < -0.4 is 21.8 Å². The highest BCUT2D eigenvalue weighted by Gasteiger charge is 2.22. The SMILES string of the molecule is Cl.Cl.NCCCc1c(CC2CCc3ccccc3O2)[nH]c(N)nc1=O. The molecule has 0 spiro atoms. The van der Waals surface area contributed by atoms with Gasteiger partial charge in [0.05, 0.1) is 0 Å². The number of fused-ring (bicyclic) bond motifs is 1. The molecule has 1 unspecified atom stereocenters. The number of hydrogen-bond donors (Lipinski definition) is 3. The van der Waals surface area contributed by atoms with Crippen LogP contribution in [0.2, 0.25) is 0 Å². The Morgan fingerprint density at radius 2 is 2.04 bits per heavy atom. The number of aromatic amines is 1. The average Bonchev–Trinajstić information content (AvgIpc) is 2.54. The van der Waals surface area contributed by atoms with Crippen LogP contribution in [0.15, 0.2) is 29.1 Å². The quantitative estimate of drug-likeness (QED) is 0.728. The first-order chi connectivity index (χ1) is 11.2. The van der Waals surface area contributed by atoms with Gasteiger partial charge in [-0.05, 0) is 43.9 Å². The molecule has 0 fully saturated rings. The predicted octanol–water partition coefficient (Wildman–Crippen LogP) is 2.02. The largest absolute Gasteiger partial charge is 0.490 e. The highest BCUT2D eigenvalue weighted by molar-refractivity contribution is 5.85. The lowest BCUT2D eigenvalue weighted by molar-refractivity contribution is 0.172. The number of H-pyrrole nitrogens is 1. The van der Waals surface area contributed by atoms with E-state index in [-0.39, 0.29) is 42.4 Å². The second-order valence-corrected chi connectivity index (χ2v) is 5.87. The summed E-state index contributed by atoms with van der Waals surface area (Å²) in [5.74, 6) is 1.08. The van der Waals surface area contributed by atoms with Crippen molar-refractivity contribution in [3.05, 3.63) is 51.4 Å². The van der Waals surface area contributed by atoms with Gasteiger partial charge in [0, 0.05) is 17.7 Å². The van der Waals surface area contributed by atoms with E-state index in [2.05, 4.69) is 16.0 Å². The van der Waals surface area contributed by atoms with E-state index in [1.54, 1.807) is 0 Å². The van der Waals surface area contributed by atoms with Gasteiger partial charge in [-0.1, -0.05) is 18.2 Å². The van der Waals surface area contributed by atoms with Gasteiger partial charge in [0.2, 0.25) is 5.95 Å². The zero-order chi connectivity index (χ0) is 16.2. The van der Waals surface area contributed by atoms with Crippen LogP contribution in [0.4, 0.5) is 5.95 Å². The highest BCUT2D eigenvalue weighted by Crippen LogP contribution is 2.28. The van der Waals surface area contributed by atoms with Crippen LogP contribution in [-0.2, 0) is 19.3 Å². The van der Waals surface area contributed by atoms with Gasteiger partial charge in [0.1, 0.15) is 11.9 Å². The number of benzene rings is 1. The van der Waals surface area contributed by atoms with E-state index in [1.165, 1.54) is 5.56 Å². The number of nitrogens with zero attached hydrogens (tertiary/aromatic N) is 1. The van der Waals surface area contributed by atoms with Gasteiger partial charge >= 0.3 is 0 Å². The van der Waals surface area contributed by atoms with Crippen molar-refractivity contribution in [3.8, 4) is 5.75 Å². The number of aryl methyl sites for hydroxylation is 1. The summed E-state index contributed by atoms with van der Waals surface area (Å²) in [5.41, 5.74) is 13.7. The van der Waals surface area contributed by atoms with Crippen molar-refractivity contribution in [3.63, 3.8) is 0 Å². The number of nitrogens with one attached hydrogen (secondary N) is 1. The summed E-state index contributed by atoms with van der Waals surface area (Å²) in [4.78, 5) is 19.0.